The van der Waals surface area contributed by atoms with Gasteiger partial charge in [-0.25, -0.2) is 0 Å². The van der Waals surface area contributed by atoms with Crippen molar-refractivity contribution in [3.8, 4) is 0 Å². The van der Waals surface area contributed by atoms with Gasteiger partial charge in [0.05, 0.1) is 0 Å². The topological polar surface area (TPSA) is 44.9 Å². The van der Waals surface area contributed by atoms with E-state index in [0.29, 0.717) is 23.4 Å². The second kappa shape index (κ2) is 6.24. The molecule has 1 heterocycles. The summed E-state index contributed by atoms with van der Waals surface area (Å²) in [4.78, 5) is 14.8. The van der Waals surface area contributed by atoms with Crippen molar-refractivity contribution in [3.05, 3.63) is 22.4 Å². The maximum atomic E-state index is 11.8. The highest BCUT2D eigenvalue weighted by Crippen LogP contribution is 2.19. The largest absolute Gasteiger partial charge is 0.356 e. The highest BCUT2D eigenvalue weighted by Gasteiger charge is 2.18. The van der Waals surface area contributed by atoms with Gasteiger partial charge in [0, 0.05) is 17.2 Å². The molecule has 0 radical (unpaired) electrons. The van der Waals surface area contributed by atoms with Gasteiger partial charge in [0.1, 0.15) is 5.69 Å². The van der Waals surface area contributed by atoms with E-state index in [1.54, 1.807) is 12.3 Å². The number of aromatic nitrogens is 1. The predicted octanol–water partition coefficient (Wildman–Crippen LogP) is 3.44. The van der Waals surface area contributed by atoms with Gasteiger partial charge in [-0.3, -0.25) is 4.79 Å². The SMILES string of the molecule is CC(C)C(CNC(=O)c1cc(Br)c[nH]1)C(C)C. The van der Waals surface area contributed by atoms with Crippen LogP contribution in [0.5, 0.6) is 0 Å². The Hall–Kier alpha value is -0.770. The van der Waals surface area contributed by atoms with Gasteiger partial charge in [0.2, 0.25) is 0 Å². The van der Waals surface area contributed by atoms with Gasteiger partial charge in [-0.1, -0.05) is 27.7 Å². The molecule has 4 heteroatoms. The van der Waals surface area contributed by atoms with Crippen LogP contribution in [-0.2, 0) is 0 Å². The van der Waals surface area contributed by atoms with Crippen LogP contribution in [-0.4, -0.2) is 17.4 Å². The van der Waals surface area contributed by atoms with Gasteiger partial charge in [0.15, 0.2) is 0 Å². The molecular weight excluding hydrogens is 280 g/mol. The highest BCUT2D eigenvalue weighted by atomic mass is 79.9. The van der Waals surface area contributed by atoms with Crippen LogP contribution in [0, 0.1) is 17.8 Å². The van der Waals surface area contributed by atoms with E-state index in [1.807, 2.05) is 0 Å². The fraction of sp³-hybridized carbons (Fsp3) is 0.615. The molecule has 0 fully saturated rings. The minimum atomic E-state index is -0.0398. The molecule has 96 valence electrons. The van der Waals surface area contributed by atoms with E-state index in [0.717, 1.165) is 11.0 Å². The maximum absolute atomic E-state index is 11.8. The van der Waals surface area contributed by atoms with Crippen LogP contribution in [0.25, 0.3) is 0 Å². The van der Waals surface area contributed by atoms with Gasteiger partial charge < -0.3 is 10.3 Å². The lowest BCUT2D eigenvalue weighted by Gasteiger charge is -2.24. The molecule has 0 bridgehead atoms. The molecule has 17 heavy (non-hydrogen) atoms. The monoisotopic (exact) mass is 300 g/mol. The molecule has 1 aromatic rings. The normalized spacial score (nSPS) is 11.5. The molecule has 0 aliphatic rings. The third-order valence-corrected chi connectivity index (χ3v) is 3.56. The summed E-state index contributed by atoms with van der Waals surface area (Å²) in [6.07, 6.45) is 1.76. The summed E-state index contributed by atoms with van der Waals surface area (Å²) in [5.74, 6) is 1.62. The number of rotatable bonds is 5. The molecule has 1 rings (SSSR count). The van der Waals surface area contributed by atoms with Gasteiger partial charge >= 0.3 is 0 Å². The van der Waals surface area contributed by atoms with E-state index in [-0.39, 0.29) is 5.91 Å². The Balaban J connectivity index is 2.52. The van der Waals surface area contributed by atoms with Crippen LogP contribution in [0.2, 0.25) is 0 Å². The first-order valence-electron chi connectivity index (χ1n) is 6.04. The number of hydrogen-bond donors (Lipinski definition) is 2. The maximum Gasteiger partial charge on any atom is 0.267 e. The molecule has 0 saturated heterocycles. The molecule has 0 aromatic carbocycles. The molecule has 0 aliphatic heterocycles. The van der Waals surface area contributed by atoms with E-state index in [9.17, 15) is 4.79 Å². The van der Waals surface area contributed by atoms with E-state index in [1.165, 1.54) is 0 Å². The van der Waals surface area contributed by atoms with Crippen molar-refractivity contribution in [1.82, 2.24) is 10.3 Å². The second-order valence-corrected chi connectivity index (χ2v) is 6.01. The van der Waals surface area contributed by atoms with Crippen LogP contribution in [0.1, 0.15) is 38.2 Å². The zero-order valence-electron chi connectivity index (χ0n) is 10.9. The minimum Gasteiger partial charge on any atom is -0.356 e. The summed E-state index contributed by atoms with van der Waals surface area (Å²) >= 11 is 3.32. The number of halogens is 1. The standard InChI is InChI=1S/C13H21BrN2O/c1-8(2)11(9(3)4)7-16-13(17)12-5-10(14)6-15-12/h5-6,8-9,11,15H,7H2,1-4H3,(H,16,17). The van der Waals surface area contributed by atoms with Gasteiger partial charge in [-0.2, -0.15) is 0 Å². The fourth-order valence-electron chi connectivity index (χ4n) is 2.05. The summed E-state index contributed by atoms with van der Waals surface area (Å²) in [6.45, 7) is 9.51. The first-order valence-corrected chi connectivity index (χ1v) is 6.83. The minimum absolute atomic E-state index is 0.0398. The van der Waals surface area contributed by atoms with E-state index < -0.39 is 0 Å². The number of H-pyrrole nitrogens is 1. The molecule has 0 atom stereocenters. The number of carbonyl (C=O) groups excluding carboxylic acids is 1. The number of carbonyl (C=O) groups is 1. The van der Waals surface area contributed by atoms with Crippen LogP contribution in [0.4, 0.5) is 0 Å². The zero-order chi connectivity index (χ0) is 13.0. The summed E-state index contributed by atoms with van der Waals surface area (Å²) < 4.78 is 0.895. The Bertz CT molecular complexity index is 363. The number of nitrogens with one attached hydrogen (secondary N) is 2. The molecule has 0 aliphatic carbocycles. The Kier molecular flexibility index (Phi) is 5.25. The van der Waals surface area contributed by atoms with Crippen LogP contribution >= 0.6 is 15.9 Å². The zero-order valence-corrected chi connectivity index (χ0v) is 12.5. The summed E-state index contributed by atoms with van der Waals surface area (Å²) in [5.41, 5.74) is 0.600. The van der Waals surface area contributed by atoms with E-state index in [4.69, 9.17) is 0 Å². The lowest BCUT2D eigenvalue weighted by molar-refractivity contribution is 0.0933. The van der Waals surface area contributed by atoms with Gasteiger partial charge in [-0.05, 0) is 39.8 Å². The Morgan fingerprint density at radius 2 is 1.94 bits per heavy atom. The molecule has 0 saturated carbocycles. The van der Waals surface area contributed by atoms with E-state index >= 15 is 0 Å². The highest BCUT2D eigenvalue weighted by molar-refractivity contribution is 9.10. The second-order valence-electron chi connectivity index (χ2n) is 5.09. The van der Waals surface area contributed by atoms with Crippen molar-refractivity contribution < 1.29 is 4.79 Å². The first kappa shape index (κ1) is 14.3. The average Bonchev–Trinajstić information content (AvgIpc) is 2.63. The Labute approximate surface area is 112 Å². The summed E-state index contributed by atoms with van der Waals surface area (Å²) in [7, 11) is 0. The molecule has 0 unspecified atom stereocenters. The molecule has 1 aromatic heterocycles. The Morgan fingerprint density at radius 3 is 2.35 bits per heavy atom. The van der Waals surface area contributed by atoms with Crippen molar-refractivity contribution >= 4 is 21.8 Å². The summed E-state index contributed by atoms with van der Waals surface area (Å²) in [5, 5.41) is 2.98. The molecule has 3 nitrogen and oxygen atoms in total. The van der Waals surface area contributed by atoms with Crippen molar-refractivity contribution in [3.63, 3.8) is 0 Å². The molecule has 1 amide bonds. The third-order valence-electron chi connectivity index (χ3n) is 3.10. The summed E-state index contributed by atoms with van der Waals surface area (Å²) in [6, 6.07) is 1.79. The van der Waals surface area contributed by atoms with Gasteiger partial charge in [-0.15, -0.1) is 0 Å². The lowest BCUT2D eigenvalue weighted by Crippen LogP contribution is -2.34. The molecule has 0 spiro atoms. The number of amides is 1. The Morgan fingerprint density at radius 1 is 1.35 bits per heavy atom. The van der Waals surface area contributed by atoms with Crippen molar-refractivity contribution in [2.24, 2.45) is 17.8 Å². The first-order chi connectivity index (χ1) is 7.91. The molecule has 2 N–H and O–H groups in total. The van der Waals surface area contributed by atoms with Crippen LogP contribution < -0.4 is 5.32 Å². The number of aromatic amines is 1. The van der Waals surface area contributed by atoms with Crippen LogP contribution in [0.3, 0.4) is 0 Å². The average molecular weight is 301 g/mol. The van der Waals surface area contributed by atoms with E-state index in [2.05, 4.69) is 53.9 Å². The third kappa shape index (κ3) is 4.19. The van der Waals surface area contributed by atoms with Crippen molar-refractivity contribution in [1.29, 1.82) is 0 Å². The van der Waals surface area contributed by atoms with Crippen molar-refractivity contribution in [2.45, 2.75) is 27.7 Å². The lowest BCUT2D eigenvalue weighted by atomic mass is 9.85. The number of hydrogen-bond acceptors (Lipinski definition) is 1. The quantitative estimate of drug-likeness (QED) is 0.860. The fourth-order valence-corrected chi connectivity index (χ4v) is 2.39. The van der Waals surface area contributed by atoms with Gasteiger partial charge in [0.25, 0.3) is 5.91 Å². The predicted molar refractivity (Wildman–Crippen MR) is 74.0 cm³/mol. The molecular formula is C13H21BrN2O. The smallest absolute Gasteiger partial charge is 0.267 e. The van der Waals surface area contributed by atoms with Crippen LogP contribution in [0.15, 0.2) is 16.7 Å². The van der Waals surface area contributed by atoms with Crippen molar-refractivity contribution in [2.75, 3.05) is 6.54 Å².